The van der Waals surface area contributed by atoms with E-state index < -0.39 is 29.8 Å². The molecule has 0 aliphatic rings. The van der Waals surface area contributed by atoms with E-state index in [0.29, 0.717) is 5.56 Å². The molecule has 0 spiro atoms. The molecule has 4 aromatic rings. The number of esters is 4. The number of benzene rings is 2. The van der Waals surface area contributed by atoms with Gasteiger partial charge in [-0.25, -0.2) is 24.2 Å². The summed E-state index contributed by atoms with van der Waals surface area (Å²) in [6.07, 6.45) is 4.26. The van der Waals surface area contributed by atoms with Crippen molar-refractivity contribution in [1.82, 2.24) is 15.0 Å². The van der Waals surface area contributed by atoms with Crippen LogP contribution in [-0.2, 0) is 39.1 Å². The van der Waals surface area contributed by atoms with Crippen molar-refractivity contribution >= 4 is 29.8 Å². The van der Waals surface area contributed by atoms with Gasteiger partial charge in [-0.3, -0.25) is 14.8 Å². The van der Waals surface area contributed by atoms with E-state index in [-0.39, 0.29) is 65.0 Å². The third-order valence-electron chi connectivity index (χ3n) is 5.58. The minimum absolute atomic E-state index is 0. The van der Waals surface area contributed by atoms with Crippen LogP contribution in [-0.4, -0.2) is 78.3 Å². The van der Waals surface area contributed by atoms with Crippen molar-refractivity contribution in [1.29, 1.82) is 0 Å². The van der Waals surface area contributed by atoms with Gasteiger partial charge in [0.15, 0.2) is 0 Å². The van der Waals surface area contributed by atoms with Gasteiger partial charge in [-0.1, -0.05) is 11.6 Å². The maximum absolute atomic E-state index is 12.2. The molecule has 44 heavy (non-hydrogen) atoms. The Morgan fingerprint density at radius 1 is 0.636 bits per heavy atom. The molecule has 4 rings (SSSR count). The van der Waals surface area contributed by atoms with E-state index in [9.17, 15) is 24.0 Å². The fourth-order valence-corrected chi connectivity index (χ4v) is 3.62. The van der Waals surface area contributed by atoms with Gasteiger partial charge < -0.3 is 24.1 Å². The summed E-state index contributed by atoms with van der Waals surface area (Å²) in [4.78, 5) is 71.2. The number of hydrogen-bond acceptors (Lipinski definition) is 12. The Labute approximate surface area is 264 Å². The fraction of sp³-hybridized carbons (Fsp3) is 0.133. The van der Waals surface area contributed by atoms with Gasteiger partial charge in [0.05, 0.1) is 45.3 Å². The normalized spacial score (nSPS) is 9.73. The van der Waals surface area contributed by atoms with Crippen LogP contribution in [0.25, 0.3) is 22.5 Å². The van der Waals surface area contributed by atoms with Gasteiger partial charge in [0.2, 0.25) is 0 Å². The molecule has 2 aromatic heterocycles. The smallest absolute Gasteiger partial charge is 0.354 e. The summed E-state index contributed by atoms with van der Waals surface area (Å²) >= 11 is 0. The molecule has 13 nitrogen and oxygen atoms in total. The van der Waals surface area contributed by atoms with E-state index in [1.165, 1.54) is 83.4 Å². The molecular weight excluding hydrogens is 755 g/mol. The Morgan fingerprint density at radius 3 is 1.61 bits per heavy atom. The number of ether oxygens (including phenoxy) is 4. The van der Waals surface area contributed by atoms with Crippen molar-refractivity contribution in [2.75, 3.05) is 28.4 Å². The molecule has 14 heteroatoms. The summed E-state index contributed by atoms with van der Waals surface area (Å²) in [5.41, 5.74) is 1.31. The Hall–Kier alpha value is -5.33. The zero-order valence-corrected chi connectivity index (χ0v) is 26.0. The van der Waals surface area contributed by atoms with Gasteiger partial charge in [-0.15, -0.1) is 18.2 Å². The molecule has 0 unspecified atom stereocenters. The van der Waals surface area contributed by atoms with Gasteiger partial charge in [-0.2, -0.15) is 0 Å². The molecule has 0 saturated carbocycles. The SMILES string of the molecule is COC(=O)c1[c-]c(-c2nccnc2-c2cc(C(=O)OC)cc(C(=O)OC)c2)cc(C(=O)OC)c1.O=C(O)c1ccccn1.[Ir]. The van der Waals surface area contributed by atoms with Crippen molar-refractivity contribution in [3.8, 4) is 22.5 Å². The van der Waals surface area contributed by atoms with Gasteiger partial charge in [-0.05, 0) is 47.0 Å². The van der Waals surface area contributed by atoms with Crippen LogP contribution in [0.2, 0.25) is 0 Å². The maximum atomic E-state index is 12.2. The predicted molar refractivity (Wildman–Crippen MR) is 148 cm³/mol. The number of carbonyl (C=O) groups is 5. The molecule has 0 fully saturated rings. The van der Waals surface area contributed by atoms with Crippen molar-refractivity contribution in [3.05, 3.63) is 101 Å². The number of carboxylic acid groups (broad SMARTS) is 1. The number of carbonyl (C=O) groups excluding carboxylic acids is 4. The first-order chi connectivity index (χ1) is 20.6. The van der Waals surface area contributed by atoms with Crippen molar-refractivity contribution in [3.63, 3.8) is 0 Å². The Bertz CT molecular complexity index is 1510. The number of aromatic carboxylic acids is 1. The number of carboxylic acids is 1. The van der Waals surface area contributed by atoms with E-state index in [1.807, 2.05) is 0 Å². The van der Waals surface area contributed by atoms with Crippen LogP contribution in [0.15, 0.2) is 67.1 Å². The number of hydrogen-bond donors (Lipinski definition) is 1. The Balaban J connectivity index is 0.000000579. The zero-order valence-electron chi connectivity index (χ0n) is 23.6. The third-order valence-corrected chi connectivity index (χ3v) is 5.58. The van der Waals surface area contributed by atoms with Crippen LogP contribution in [0, 0.1) is 6.07 Å². The van der Waals surface area contributed by atoms with Crippen molar-refractivity contribution < 1.29 is 68.1 Å². The van der Waals surface area contributed by atoms with E-state index in [1.54, 1.807) is 12.1 Å². The second kappa shape index (κ2) is 16.3. The predicted octanol–water partition coefficient (Wildman–Crippen LogP) is 3.53. The first kappa shape index (κ1) is 34.9. The summed E-state index contributed by atoms with van der Waals surface area (Å²) in [6.45, 7) is 0. The maximum Gasteiger partial charge on any atom is 0.354 e. The minimum atomic E-state index is -0.990. The largest absolute Gasteiger partial charge is 0.500 e. The molecule has 2 aromatic carbocycles. The minimum Gasteiger partial charge on any atom is -0.500 e. The number of rotatable bonds is 7. The van der Waals surface area contributed by atoms with E-state index in [2.05, 4.69) is 21.0 Å². The summed E-state index contributed by atoms with van der Waals surface area (Å²) in [5, 5.41) is 8.32. The Kier molecular flexibility index (Phi) is 13.0. The molecule has 0 aliphatic heterocycles. The average molecular weight is 779 g/mol. The average Bonchev–Trinajstić information content (AvgIpc) is 3.06. The number of pyridine rings is 1. The second-order valence-electron chi connectivity index (χ2n) is 8.24. The van der Waals surface area contributed by atoms with Crippen LogP contribution in [0.5, 0.6) is 0 Å². The van der Waals surface area contributed by atoms with E-state index >= 15 is 0 Å². The molecule has 0 atom stereocenters. The quantitative estimate of drug-likeness (QED) is 0.164. The van der Waals surface area contributed by atoms with Crippen LogP contribution < -0.4 is 0 Å². The molecule has 2 heterocycles. The summed E-state index contributed by atoms with van der Waals surface area (Å²) in [5.74, 6) is -3.76. The van der Waals surface area contributed by atoms with Gasteiger partial charge >= 0.3 is 23.9 Å². The molecule has 0 aliphatic carbocycles. The molecule has 0 bridgehead atoms. The second-order valence-corrected chi connectivity index (χ2v) is 8.24. The van der Waals surface area contributed by atoms with Crippen LogP contribution >= 0.6 is 0 Å². The van der Waals surface area contributed by atoms with Gasteiger partial charge in [0.25, 0.3) is 5.97 Å². The van der Waals surface area contributed by atoms with Gasteiger partial charge in [0.1, 0.15) is 5.69 Å². The van der Waals surface area contributed by atoms with Crippen molar-refractivity contribution in [2.24, 2.45) is 0 Å². The monoisotopic (exact) mass is 779 g/mol. The number of aromatic nitrogens is 3. The topological polar surface area (TPSA) is 181 Å². The van der Waals surface area contributed by atoms with Gasteiger partial charge in [0, 0.05) is 44.4 Å². The standard InChI is InChI=1S/C24H19N2O8.C6H5NO2.Ir/c1-31-21(27)15-7-13(8-16(11-15)22(28)32-2)19-20(26-6-5-25-19)14-9-17(23(29)33-3)12-18(10-14)24(30)34-4;8-6(9)5-3-1-2-4-7-5;/h5-9,11-12H,1-4H3;1-4H,(H,8,9);/q-1;;. The number of methoxy groups -OCH3 is 4. The van der Waals surface area contributed by atoms with E-state index in [4.69, 9.17) is 24.1 Å². The first-order valence-electron chi connectivity index (χ1n) is 12.1. The molecule has 229 valence electrons. The molecular formula is C30H24IrN3O10-. The molecule has 1 radical (unpaired) electrons. The zero-order chi connectivity index (χ0) is 31.5. The molecule has 1 N–H and O–H groups in total. The summed E-state index contributed by atoms with van der Waals surface area (Å²) in [6, 6.07) is 14.6. The van der Waals surface area contributed by atoms with Crippen LogP contribution in [0.4, 0.5) is 0 Å². The number of nitrogens with zero attached hydrogens (tertiary/aromatic N) is 3. The van der Waals surface area contributed by atoms with Crippen LogP contribution in [0.3, 0.4) is 0 Å². The molecule has 0 amide bonds. The Morgan fingerprint density at radius 2 is 1.16 bits per heavy atom. The third kappa shape index (κ3) is 8.60. The molecule has 0 saturated heterocycles. The van der Waals surface area contributed by atoms with E-state index in [0.717, 1.165) is 0 Å². The van der Waals surface area contributed by atoms with Crippen molar-refractivity contribution in [2.45, 2.75) is 0 Å². The summed E-state index contributed by atoms with van der Waals surface area (Å²) < 4.78 is 19.1. The fourth-order valence-electron chi connectivity index (χ4n) is 3.62. The van der Waals surface area contributed by atoms with Crippen LogP contribution in [0.1, 0.15) is 51.9 Å². The first-order valence-corrected chi connectivity index (χ1v) is 12.1. The summed E-state index contributed by atoms with van der Waals surface area (Å²) in [7, 11) is 4.82.